The van der Waals surface area contributed by atoms with E-state index < -0.39 is 0 Å². The third-order valence-electron chi connectivity index (χ3n) is 3.08. The van der Waals surface area contributed by atoms with Gasteiger partial charge in [0.2, 0.25) is 0 Å². The van der Waals surface area contributed by atoms with Crippen LogP contribution in [0, 0.1) is 6.92 Å². The van der Waals surface area contributed by atoms with Gasteiger partial charge in [-0.3, -0.25) is 10.5 Å². The molecule has 0 bridgehead atoms. The molecule has 0 amide bonds. The van der Waals surface area contributed by atoms with Crippen LogP contribution in [-0.4, -0.2) is 35.3 Å². The third-order valence-corrected chi connectivity index (χ3v) is 3.37. The van der Waals surface area contributed by atoms with Gasteiger partial charge in [-0.2, -0.15) is 5.10 Å². The zero-order valence-corrected chi connectivity index (χ0v) is 12.7. The Morgan fingerprint density at radius 3 is 2.80 bits per heavy atom. The number of hydrazine groups is 1. The number of aryl methyl sites for hydroxylation is 1. The Morgan fingerprint density at radius 2 is 2.25 bits per heavy atom. The summed E-state index contributed by atoms with van der Waals surface area (Å²) in [6.45, 7) is 3.48. The van der Waals surface area contributed by atoms with Crippen molar-refractivity contribution in [3.8, 4) is 0 Å². The van der Waals surface area contributed by atoms with E-state index in [1.165, 1.54) is 0 Å². The summed E-state index contributed by atoms with van der Waals surface area (Å²) in [6, 6.07) is 3.47. The van der Waals surface area contributed by atoms with Crippen LogP contribution in [0.15, 0.2) is 22.7 Å². The third kappa shape index (κ3) is 3.21. The van der Waals surface area contributed by atoms with Crippen LogP contribution in [0.5, 0.6) is 0 Å². The highest BCUT2D eigenvalue weighted by molar-refractivity contribution is 6.31. The minimum atomic E-state index is -0.319. The van der Waals surface area contributed by atoms with E-state index in [1.807, 2.05) is 37.8 Å². The Balaban J connectivity index is 2.31. The molecule has 6 nitrogen and oxygen atoms in total. The van der Waals surface area contributed by atoms with Gasteiger partial charge in [0.05, 0.1) is 23.5 Å². The lowest BCUT2D eigenvalue weighted by Gasteiger charge is -2.18. The monoisotopic (exact) mass is 297 g/mol. The second-order valence-electron chi connectivity index (χ2n) is 4.95. The Bertz CT molecular complexity index is 563. The zero-order valence-electron chi connectivity index (χ0n) is 11.9. The van der Waals surface area contributed by atoms with Crippen LogP contribution in [0.4, 0.5) is 0 Å². The van der Waals surface area contributed by atoms with Gasteiger partial charge in [-0.15, -0.1) is 0 Å². The van der Waals surface area contributed by atoms with Gasteiger partial charge in [-0.05, 0) is 33.2 Å². The van der Waals surface area contributed by atoms with Gasteiger partial charge in [0.1, 0.15) is 17.6 Å². The maximum atomic E-state index is 6.26. The number of furan rings is 1. The van der Waals surface area contributed by atoms with Crippen LogP contribution < -0.4 is 11.3 Å². The molecule has 7 heteroatoms. The van der Waals surface area contributed by atoms with Gasteiger partial charge >= 0.3 is 0 Å². The summed E-state index contributed by atoms with van der Waals surface area (Å²) >= 11 is 6.26. The molecule has 20 heavy (non-hydrogen) atoms. The molecule has 0 saturated carbocycles. The molecule has 2 aromatic rings. The van der Waals surface area contributed by atoms with Crippen molar-refractivity contribution in [2.75, 3.05) is 20.6 Å². The van der Waals surface area contributed by atoms with Crippen molar-refractivity contribution in [1.29, 1.82) is 0 Å². The van der Waals surface area contributed by atoms with Crippen LogP contribution in [0.3, 0.4) is 0 Å². The summed E-state index contributed by atoms with van der Waals surface area (Å²) < 4.78 is 7.50. The fraction of sp³-hybridized carbons (Fsp3) is 0.462. The molecular formula is C13H20ClN5O. The fourth-order valence-corrected chi connectivity index (χ4v) is 2.29. The number of nitrogens with two attached hydrogens (primary N) is 1. The summed E-state index contributed by atoms with van der Waals surface area (Å²) in [5.74, 6) is 7.23. The molecule has 0 aliphatic carbocycles. The number of rotatable bonds is 6. The summed E-state index contributed by atoms with van der Waals surface area (Å²) in [6.07, 6.45) is 1.63. The average molecular weight is 298 g/mol. The molecule has 0 saturated heterocycles. The Kier molecular flexibility index (Phi) is 4.82. The lowest BCUT2D eigenvalue weighted by atomic mass is 10.1. The molecule has 0 aromatic carbocycles. The Labute approximate surface area is 123 Å². The topological polar surface area (TPSA) is 72.2 Å². The van der Waals surface area contributed by atoms with Crippen molar-refractivity contribution in [3.05, 3.63) is 40.6 Å². The minimum absolute atomic E-state index is 0.319. The van der Waals surface area contributed by atoms with E-state index >= 15 is 0 Å². The lowest BCUT2D eigenvalue weighted by Crippen LogP contribution is -2.31. The summed E-state index contributed by atoms with van der Waals surface area (Å²) in [5, 5.41) is 4.88. The van der Waals surface area contributed by atoms with E-state index in [4.69, 9.17) is 21.9 Å². The van der Waals surface area contributed by atoms with Crippen LogP contribution in [0.2, 0.25) is 5.02 Å². The van der Waals surface area contributed by atoms with Crippen molar-refractivity contribution >= 4 is 11.6 Å². The Morgan fingerprint density at radius 1 is 1.50 bits per heavy atom. The molecule has 3 N–H and O–H groups in total. The predicted octanol–water partition coefficient (Wildman–Crippen LogP) is 1.55. The van der Waals surface area contributed by atoms with Crippen LogP contribution in [0.1, 0.15) is 23.3 Å². The highest BCUT2D eigenvalue weighted by atomic mass is 35.5. The van der Waals surface area contributed by atoms with Crippen molar-refractivity contribution in [1.82, 2.24) is 20.1 Å². The molecule has 2 aromatic heterocycles. The van der Waals surface area contributed by atoms with Gasteiger partial charge in [-0.25, -0.2) is 5.43 Å². The van der Waals surface area contributed by atoms with Crippen LogP contribution >= 0.6 is 11.6 Å². The first kappa shape index (κ1) is 15.1. The SMILES string of the molecule is Cc1ccc(C(NN)c2c(Cl)cnn2CCN(C)C)o1. The molecule has 0 fully saturated rings. The smallest absolute Gasteiger partial charge is 0.128 e. The molecular weight excluding hydrogens is 278 g/mol. The molecule has 1 atom stereocenters. The van der Waals surface area contributed by atoms with E-state index in [0.717, 1.165) is 30.3 Å². The standard InChI is InChI=1S/C13H20ClN5O/c1-9-4-5-11(20-9)12(17-15)13-10(14)8-16-19(13)7-6-18(2)3/h4-5,8,12,17H,6-7,15H2,1-3H3. The molecule has 0 aliphatic rings. The van der Waals surface area contributed by atoms with Crippen molar-refractivity contribution in [2.45, 2.75) is 19.5 Å². The number of nitrogens with one attached hydrogen (secondary N) is 1. The first-order valence-corrected chi connectivity index (χ1v) is 6.79. The van der Waals surface area contributed by atoms with E-state index in [-0.39, 0.29) is 6.04 Å². The van der Waals surface area contributed by atoms with Gasteiger partial charge in [-0.1, -0.05) is 11.6 Å². The van der Waals surface area contributed by atoms with E-state index in [2.05, 4.69) is 15.4 Å². The normalized spacial score (nSPS) is 13.1. The summed E-state index contributed by atoms with van der Waals surface area (Å²) in [4.78, 5) is 2.08. The number of nitrogens with zero attached hydrogens (tertiary/aromatic N) is 3. The van der Waals surface area contributed by atoms with Crippen molar-refractivity contribution in [3.63, 3.8) is 0 Å². The molecule has 0 spiro atoms. The fourth-order valence-electron chi connectivity index (χ4n) is 2.04. The lowest BCUT2D eigenvalue weighted by molar-refractivity contribution is 0.359. The zero-order chi connectivity index (χ0) is 14.7. The first-order chi connectivity index (χ1) is 9.52. The van der Waals surface area contributed by atoms with Gasteiger partial charge < -0.3 is 9.32 Å². The van der Waals surface area contributed by atoms with Crippen LogP contribution in [-0.2, 0) is 6.54 Å². The van der Waals surface area contributed by atoms with Gasteiger partial charge in [0.25, 0.3) is 0 Å². The number of likely N-dealkylation sites (N-methyl/N-ethyl adjacent to an activating group) is 1. The van der Waals surface area contributed by atoms with E-state index in [9.17, 15) is 0 Å². The minimum Gasteiger partial charge on any atom is -0.464 e. The summed E-state index contributed by atoms with van der Waals surface area (Å²) in [5.41, 5.74) is 3.56. The molecule has 2 heterocycles. The average Bonchev–Trinajstić information content (AvgIpc) is 2.97. The number of hydrogen-bond donors (Lipinski definition) is 2. The second-order valence-corrected chi connectivity index (χ2v) is 5.36. The van der Waals surface area contributed by atoms with Crippen molar-refractivity contribution < 1.29 is 4.42 Å². The number of hydrogen-bond acceptors (Lipinski definition) is 5. The van der Waals surface area contributed by atoms with Crippen molar-refractivity contribution in [2.24, 2.45) is 5.84 Å². The molecule has 0 radical (unpaired) electrons. The predicted molar refractivity (Wildman–Crippen MR) is 78.4 cm³/mol. The molecule has 1 unspecified atom stereocenters. The number of halogens is 1. The first-order valence-electron chi connectivity index (χ1n) is 6.41. The largest absolute Gasteiger partial charge is 0.464 e. The van der Waals surface area contributed by atoms with Crippen LogP contribution in [0.25, 0.3) is 0 Å². The summed E-state index contributed by atoms with van der Waals surface area (Å²) in [7, 11) is 4.03. The van der Waals surface area contributed by atoms with Gasteiger partial charge in [0, 0.05) is 6.54 Å². The highest BCUT2D eigenvalue weighted by Crippen LogP contribution is 2.28. The Hall–Kier alpha value is -1.34. The maximum Gasteiger partial charge on any atom is 0.128 e. The molecule has 0 aliphatic heterocycles. The number of aromatic nitrogens is 2. The van der Waals surface area contributed by atoms with E-state index in [0.29, 0.717) is 5.02 Å². The highest BCUT2D eigenvalue weighted by Gasteiger charge is 2.23. The quantitative estimate of drug-likeness (QED) is 0.625. The second kappa shape index (κ2) is 6.41. The van der Waals surface area contributed by atoms with E-state index in [1.54, 1.807) is 6.20 Å². The van der Waals surface area contributed by atoms with Gasteiger partial charge in [0.15, 0.2) is 0 Å². The molecule has 2 rings (SSSR count). The maximum absolute atomic E-state index is 6.26. The molecule has 110 valence electrons.